The predicted molar refractivity (Wildman–Crippen MR) is 124 cm³/mol. The molecule has 174 valence electrons. The van der Waals surface area contributed by atoms with Gasteiger partial charge in [-0.2, -0.15) is 9.57 Å². The highest BCUT2D eigenvalue weighted by Crippen LogP contribution is 2.29. The molecular formula is C24H28N4O4S. The number of hydrogen-bond donors (Lipinski definition) is 2. The van der Waals surface area contributed by atoms with Crippen LogP contribution in [0.15, 0.2) is 53.4 Å². The zero-order chi connectivity index (χ0) is 24.2. The summed E-state index contributed by atoms with van der Waals surface area (Å²) in [5.41, 5.74) is 8.20. The van der Waals surface area contributed by atoms with Crippen molar-refractivity contribution < 1.29 is 18.0 Å². The van der Waals surface area contributed by atoms with Crippen LogP contribution in [0.25, 0.3) is 11.1 Å². The maximum Gasteiger partial charge on any atom is 0.243 e. The van der Waals surface area contributed by atoms with Crippen LogP contribution < -0.4 is 11.1 Å². The van der Waals surface area contributed by atoms with Crippen molar-refractivity contribution in [3.63, 3.8) is 0 Å². The molecule has 1 aliphatic rings. The lowest BCUT2D eigenvalue weighted by molar-refractivity contribution is -0.125. The highest BCUT2D eigenvalue weighted by molar-refractivity contribution is 7.89. The van der Waals surface area contributed by atoms with Crippen LogP contribution in [0, 0.1) is 11.3 Å². The Morgan fingerprint density at radius 1 is 1.12 bits per heavy atom. The van der Waals surface area contributed by atoms with E-state index in [1.54, 1.807) is 30.3 Å². The van der Waals surface area contributed by atoms with Crippen LogP contribution >= 0.6 is 0 Å². The van der Waals surface area contributed by atoms with Gasteiger partial charge in [-0.25, -0.2) is 8.42 Å². The zero-order valence-corrected chi connectivity index (χ0v) is 19.5. The highest BCUT2D eigenvalue weighted by Gasteiger charge is 2.40. The first-order valence-electron chi connectivity index (χ1n) is 10.8. The standard InChI is InChI=1S/C24H28N4O4S/c1-16(2)17-5-7-18(8-6-17)19-9-11-21(12-10-19)33(31,32)28-13-3-4-22(28)24(30)27-20(15-25)14-23(26)29/h5-12,16,20,22H,3-4,13-14H2,1-2H3,(H2,26,29)(H,27,30)/t20-,22-/m0/s1. The fourth-order valence-electron chi connectivity index (χ4n) is 3.90. The molecule has 2 amide bonds. The molecule has 0 saturated carbocycles. The smallest absolute Gasteiger partial charge is 0.243 e. The van der Waals surface area contributed by atoms with Crippen molar-refractivity contribution in [2.75, 3.05) is 6.54 Å². The summed E-state index contributed by atoms with van der Waals surface area (Å²) in [6, 6.07) is 14.5. The number of sulfonamides is 1. The van der Waals surface area contributed by atoms with Gasteiger partial charge in [-0.05, 0) is 47.6 Å². The van der Waals surface area contributed by atoms with Crippen LogP contribution in [-0.2, 0) is 19.6 Å². The molecule has 0 unspecified atom stereocenters. The van der Waals surface area contributed by atoms with Gasteiger partial charge in [0.25, 0.3) is 0 Å². The van der Waals surface area contributed by atoms with E-state index in [4.69, 9.17) is 11.0 Å². The Hall–Kier alpha value is -3.22. The lowest BCUT2D eigenvalue weighted by atomic mass is 9.99. The van der Waals surface area contributed by atoms with E-state index < -0.39 is 33.9 Å². The van der Waals surface area contributed by atoms with Crippen molar-refractivity contribution in [2.45, 2.75) is 56.0 Å². The van der Waals surface area contributed by atoms with E-state index in [2.05, 4.69) is 31.3 Å². The number of nitrogens with zero attached hydrogens (tertiary/aromatic N) is 2. The molecule has 9 heteroatoms. The van der Waals surface area contributed by atoms with Crippen LogP contribution in [0.5, 0.6) is 0 Å². The summed E-state index contributed by atoms with van der Waals surface area (Å²) in [7, 11) is -3.92. The monoisotopic (exact) mass is 468 g/mol. The molecule has 0 aromatic heterocycles. The molecule has 33 heavy (non-hydrogen) atoms. The molecule has 3 N–H and O–H groups in total. The second-order valence-corrected chi connectivity index (χ2v) is 10.3. The largest absolute Gasteiger partial charge is 0.370 e. The quantitative estimate of drug-likeness (QED) is 0.614. The van der Waals surface area contributed by atoms with Crippen molar-refractivity contribution in [2.24, 2.45) is 5.73 Å². The first kappa shape index (κ1) is 24.4. The molecule has 2 atom stereocenters. The number of rotatable bonds is 8. The van der Waals surface area contributed by atoms with Gasteiger partial charge in [0.15, 0.2) is 0 Å². The second kappa shape index (κ2) is 10.1. The minimum atomic E-state index is -3.92. The van der Waals surface area contributed by atoms with E-state index in [0.29, 0.717) is 18.8 Å². The molecule has 0 bridgehead atoms. The van der Waals surface area contributed by atoms with Gasteiger partial charge in [-0.15, -0.1) is 0 Å². The maximum absolute atomic E-state index is 13.3. The van der Waals surface area contributed by atoms with Crippen LogP contribution in [-0.4, -0.2) is 43.2 Å². The SMILES string of the molecule is CC(C)c1ccc(-c2ccc(S(=O)(=O)N3CCC[C@H]3C(=O)N[C@H](C#N)CC(N)=O)cc2)cc1. The Morgan fingerprint density at radius 3 is 2.21 bits per heavy atom. The summed E-state index contributed by atoms with van der Waals surface area (Å²) >= 11 is 0. The number of nitrogens with one attached hydrogen (secondary N) is 1. The Kier molecular flexibility index (Phi) is 7.51. The van der Waals surface area contributed by atoms with Crippen molar-refractivity contribution in [3.8, 4) is 17.2 Å². The molecule has 2 aromatic rings. The van der Waals surface area contributed by atoms with E-state index in [0.717, 1.165) is 15.4 Å². The minimum Gasteiger partial charge on any atom is -0.370 e. The van der Waals surface area contributed by atoms with Crippen molar-refractivity contribution in [1.29, 1.82) is 5.26 Å². The highest BCUT2D eigenvalue weighted by atomic mass is 32.2. The van der Waals surface area contributed by atoms with Gasteiger partial charge in [0.05, 0.1) is 17.4 Å². The summed E-state index contributed by atoms with van der Waals surface area (Å²) in [5, 5.41) is 11.6. The molecule has 0 aliphatic carbocycles. The predicted octanol–water partition coefficient (Wildman–Crippen LogP) is 2.51. The van der Waals surface area contributed by atoms with Crippen molar-refractivity contribution in [3.05, 3.63) is 54.1 Å². The third-order valence-electron chi connectivity index (χ3n) is 5.76. The number of benzene rings is 2. The molecule has 1 saturated heterocycles. The number of hydrogen-bond acceptors (Lipinski definition) is 5. The number of carbonyl (C=O) groups is 2. The number of carbonyl (C=O) groups excluding carboxylic acids is 2. The summed E-state index contributed by atoms with van der Waals surface area (Å²) in [6.07, 6.45) is 0.520. The second-order valence-electron chi connectivity index (χ2n) is 8.44. The summed E-state index contributed by atoms with van der Waals surface area (Å²) in [6.45, 7) is 4.45. The minimum absolute atomic E-state index is 0.0960. The average molecular weight is 469 g/mol. The molecule has 0 radical (unpaired) electrons. The molecular weight excluding hydrogens is 440 g/mol. The number of nitriles is 1. The van der Waals surface area contributed by atoms with E-state index in [1.165, 1.54) is 5.56 Å². The average Bonchev–Trinajstić information content (AvgIpc) is 3.29. The van der Waals surface area contributed by atoms with E-state index in [1.807, 2.05) is 12.1 Å². The van der Waals surface area contributed by atoms with Gasteiger partial charge in [-0.1, -0.05) is 50.2 Å². The number of primary amides is 1. The van der Waals surface area contributed by atoms with Crippen molar-refractivity contribution in [1.82, 2.24) is 9.62 Å². The van der Waals surface area contributed by atoms with Gasteiger partial charge >= 0.3 is 0 Å². The third kappa shape index (κ3) is 5.59. The first-order valence-corrected chi connectivity index (χ1v) is 12.3. The summed E-state index contributed by atoms with van der Waals surface area (Å²) in [4.78, 5) is 23.8. The Bertz CT molecular complexity index is 1150. The molecule has 0 spiro atoms. The van der Waals surface area contributed by atoms with Gasteiger partial charge in [0.1, 0.15) is 12.1 Å². The lowest BCUT2D eigenvalue weighted by Crippen LogP contribution is -2.49. The fourth-order valence-corrected chi connectivity index (χ4v) is 5.56. The van der Waals surface area contributed by atoms with Crippen LogP contribution in [0.4, 0.5) is 0 Å². The molecule has 1 heterocycles. The molecule has 2 aromatic carbocycles. The van der Waals surface area contributed by atoms with Gasteiger partial charge in [-0.3, -0.25) is 9.59 Å². The summed E-state index contributed by atoms with van der Waals surface area (Å²) < 4.78 is 27.7. The summed E-state index contributed by atoms with van der Waals surface area (Å²) in [5.74, 6) is -0.904. The maximum atomic E-state index is 13.3. The van der Waals surface area contributed by atoms with Gasteiger partial charge in [0.2, 0.25) is 21.8 Å². The molecule has 8 nitrogen and oxygen atoms in total. The fraction of sp³-hybridized carbons (Fsp3) is 0.375. The topological polar surface area (TPSA) is 133 Å². The van der Waals surface area contributed by atoms with Gasteiger partial charge < -0.3 is 11.1 Å². The van der Waals surface area contributed by atoms with E-state index in [9.17, 15) is 18.0 Å². The van der Waals surface area contributed by atoms with E-state index >= 15 is 0 Å². The van der Waals surface area contributed by atoms with E-state index in [-0.39, 0.29) is 17.9 Å². The Morgan fingerprint density at radius 2 is 1.70 bits per heavy atom. The number of nitrogens with two attached hydrogens (primary N) is 1. The normalized spacial score (nSPS) is 17.5. The lowest BCUT2D eigenvalue weighted by Gasteiger charge is -2.24. The van der Waals surface area contributed by atoms with Gasteiger partial charge in [0, 0.05) is 6.54 Å². The Balaban J connectivity index is 1.77. The molecule has 1 aliphatic heterocycles. The number of amides is 2. The Labute approximate surface area is 194 Å². The van der Waals surface area contributed by atoms with Crippen molar-refractivity contribution >= 4 is 21.8 Å². The molecule has 3 rings (SSSR count). The van der Waals surface area contributed by atoms with Crippen LogP contribution in [0.1, 0.15) is 44.6 Å². The van der Waals surface area contributed by atoms with Crippen LogP contribution in [0.3, 0.4) is 0 Å². The molecule has 1 fully saturated rings. The first-order chi connectivity index (χ1) is 15.6. The zero-order valence-electron chi connectivity index (χ0n) is 18.7. The van der Waals surface area contributed by atoms with Crippen LogP contribution in [0.2, 0.25) is 0 Å². The third-order valence-corrected chi connectivity index (χ3v) is 7.68.